The van der Waals surface area contributed by atoms with Crippen LogP contribution in [-0.4, -0.2) is 36.1 Å². The molecule has 0 radical (unpaired) electrons. The van der Waals surface area contributed by atoms with E-state index in [4.69, 9.17) is 5.73 Å². The van der Waals surface area contributed by atoms with Crippen molar-refractivity contribution in [1.29, 1.82) is 0 Å². The minimum Gasteiger partial charge on any atom is -0.398 e. The maximum atomic E-state index is 6.03. The predicted octanol–water partition coefficient (Wildman–Crippen LogP) is 2.63. The highest BCUT2D eigenvalue weighted by Crippen LogP contribution is 2.28. The molecule has 0 aliphatic carbocycles. The molecule has 0 saturated carbocycles. The van der Waals surface area contributed by atoms with Gasteiger partial charge in [0.15, 0.2) is 0 Å². The number of aryl methyl sites for hydroxylation is 1. The first-order valence-corrected chi connectivity index (χ1v) is 7.35. The monoisotopic (exact) mass is 270 g/mol. The first-order valence-electron chi connectivity index (χ1n) is 7.35. The molecule has 2 aromatic rings. The summed E-state index contributed by atoms with van der Waals surface area (Å²) in [6, 6.07) is 6.13. The fourth-order valence-corrected chi connectivity index (χ4v) is 2.87. The van der Waals surface area contributed by atoms with Gasteiger partial charge in [-0.3, -0.25) is 4.98 Å². The highest BCUT2D eigenvalue weighted by atomic mass is 15.1. The Balaban J connectivity index is 1.76. The normalized spacial score (nSPS) is 15.8. The summed E-state index contributed by atoms with van der Waals surface area (Å²) in [6.45, 7) is 6.58. The van der Waals surface area contributed by atoms with Gasteiger partial charge in [0.2, 0.25) is 0 Å². The molecule has 0 unspecified atom stereocenters. The average molecular weight is 270 g/mol. The van der Waals surface area contributed by atoms with Crippen LogP contribution in [0, 0.1) is 6.92 Å². The molecule has 4 heteroatoms. The minimum atomic E-state index is 0.789. The van der Waals surface area contributed by atoms with Crippen LogP contribution in [-0.2, 0) is 0 Å². The van der Waals surface area contributed by atoms with Crippen molar-refractivity contribution in [2.75, 3.05) is 37.2 Å². The van der Waals surface area contributed by atoms with E-state index in [0.29, 0.717) is 0 Å². The van der Waals surface area contributed by atoms with Gasteiger partial charge in [-0.05, 0) is 51.1 Å². The molecule has 1 fully saturated rings. The van der Waals surface area contributed by atoms with Gasteiger partial charge < -0.3 is 16.0 Å². The fraction of sp³-hybridized carbons (Fsp3) is 0.438. The van der Waals surface area contributed by atoms with Crippen LogP contribution in [0.4, 0.5) is 11.4 Å². The van der Waals surface area contributed by atoms with E-state index in [-0.39, 0.29) is 0 Å². The van der Waals surface area contributed by atoms with Gasteiger partial charge in [-0.15, -0.1) is 0 Å². The Labute approximate surface area is 120 Å². The molecule has 1 saturated heterocycles. The molecule has 106 valence electrons. The molecule has 20 heavy (non-hydrogen) atoms. The number of nitrogens with one attached hydrogen (secondary N) is 1. The second-order valence-corrected chi connectivity index (χ2v) is 5.55. The third kappa shape index (κ3) is 2.70. The van der Waals surface area contributed by atoms with Crippen molar-refractivity contribution in [2.24, 2.45) is 0 Å². The molecule has 3 rings (SSSR count). The molecule has 0 bridgehead atoms. The lowest BCUT2D eigenvalue weighted by molar-refractivity contribution is 0.353. The van der Waals surface area contributed by atoms with E-state index in [1.54, 1.807) is 0 Å². The third-order valence-corrected chi connectivity index (χ3v) is 4.01. The SMILES string of the molecule is Cc1cc2c(NCCN3CCCC3)ccc(N)c2cn1. The number of nitrogens with zero attached hydrogens (tertiary/aromatic N) is 2. The number of hydrogen-bond donors (Lipinski definition) is 2. The second-order valence-electron chi connectivity index (χ2n) is 5.55. The maximum Gasteiger partial charge on any atom is 0.0423 e. The van der Waals surface area contributed by atoms with E-state index < -0.39 is 0 Å². The summed E-state index contributed by atoms with van der Waals surface area (Å²) in [5.74, 6) is 0. The van der Waals surface area contributed by atoms with Gasteiger partial charge in [-0.1, -0.05) is 0 Å². The van der Waals surface area contributed by atoms with Crippen molar-refractivity contribution in [3.05, 3.63) is 30.1 Å². The molecule has 4 nitrogen and oxygen atoms in total. The van der Waals surface area contributed by atoms with E-state index in [1.165, 1.54) is 31.3 Å². The van der Waals surface area contributed by atoms with Crippen LogP contribution in [0.3, 0.4) is 0 Å². The molecule has 1 aliphatic rings. The van der Waals surface area contributed by atoms with Gasteiger partial charge in [0.25, 0.3) is 0 Å². The Hall–Kier alpha value is -1.81. The number of hydrogen-bond acceptors (Lipinski definition) is 4. The standard InChI is InChI=1S/C16H22N4/c1-12-10-13-14(11-19-12)15(17)4-5-16(13)18-6-9-20-7-2-3-8-20/h4-5,10-11,18H,2-3,6-9,17H2,1H3. The van der Waals surface area contributed by atoms with Crippen LogP contribution in [0.15, 0.2) is 24.4 Å². The molecule has 0 amide bonds. The van der Waals surface area contributed by atoms with Crippen LogP contribution < -0.4 is 11.1 Å². The molecular weight excluding hydrogens is 248 g/mol. The molecule has 1 aromatic carbocycles. The molecule has 2 heterocycles. The molecular formula is C16H22N4. The fourth-order valence-electron chi connectivity index (χ4n) is 2.87. The predicted molar refractivity (Wildman–Crippen MR) is 85.1 cm³/mol. The highest BCUT2D eigenvalue weighted by molar-refractivity contribution is 6.00. The van der Waals surface area contributed by atoms with Crippen molar-refractivity contribution >= 4 is 22.1 Å². The van der Waals surface area contributed by atoms with E-state index in [0.717, 1.165) is 35.5 Å². The summed E-state index contributed by atoms with van der Waals surface area (Å²) in [5, 5.41) is 5.74. The number of aromatic nitrogens is 1. The molecule has 3 N–H and O–H groups in total. The Morgan fingerprint density at radius 2 is 2.05 bits per heavy atom. The van der Waals surface area contributed by atoms with Crippen LogP contribution in [0.5, 0.6) is 0 Å². The number of benzene rings is 1. The third-order valence-electron chi connectivity index (χ3n) is 4.01. The van der Waals surface area contributed by atoms with Gasteiger partial charge in [0.1, 0.15) is 0 Å². The van der Waals surface area contributed by atoms with E-state index in [9.17, 15) is 0 Å². The summed E-state index contributed by atoms with van der Waals surface area (Å²) in [7, 11) is 0. The number of pyridine rings is 1. The van der Waals surface area contributed by atoms with Crippen LogP contribution in [0.1, 0.15) is 18.5 Å². The molecule has 1 aliphatic heterocycles. The smallest absolute Gasteiger partial charge is 0.0423 e. The van der Waals surface area contributed by atoms with Crippen molar-refractivity contribution < 1.29 is 0 Å². The zero-order chi connectivity index (χ0) is 13.9. The highest BCUT2D eigenvalue weighted by Gasteiger charge is 2.11. The van der Waals surface area contributed by atoms with Gasteiger partial charge >= 0.3 is 0 Å². The number of nitrogens with two attached hydrogens (primary N) is 1. The van der Waals surface area contributed by atoms with Gasteiger partial charge in [-0.25, -0.2) is 0 Å². The lowest BCUT2D eigenvalue weighted by Gasteiger charge is -2.16. The van der Waals surface area contributed by atoms with Gasteiger partial charge in [0, 0.05) is 47.1 Å². The topological polar surface area (TPSA) is 54.2 Å². The Kier molecular flexibility index (Phi) is 3.74. The quantitative estimate of drug-likeness (QED) is 0.839. The lowest BCUT2D eigenvalue weighted by Crippen LogP contribution is -2.26. The van der Waals surface area contributed by atoms with E-state index in [1.807, 2.05) is 19.2 Å². The summed E-state index contributed by atoms with van der Waals surface area (Å²) in [4.78, 5) is 6.85. The number of anilines is 2. The van der Waals surface area contributed by atoms with Crippen molar-refractivity contribution in [1.82, 2.24) is 9.88 Å². The summed E-state index contributed by atoms with van der Waals surface area (Å²) in [5.41, 5.74) is 8.99. The number of rotatable bonds is 4. The number of fused-ring (bicyclic) bond motifs is 1. The molecule has 0 spiro atoms. The summed E-state index contributed by atoms with van der Waals surface area (Å²) >= 11 is 0. The Morgan fingerprint density at radius 1 is 1.25 bits per heavy atom. The number of likely N-dealkylation sites (tertiary alicyclic amines) is 1. The van der Waals surface area contributed by atoms with Crippen LogP contribution >= 0.6 is 0 Å². The van der Waals surface area contributed by atoms with Crippen LogP contribution in [0.2, 0.25) is 0 Å². The largest absolute Gasteiger partial charge is 0.398 e. The van der Waals surface area contributed by atoms with E-state index in [2.05, 4.69) is 27.3 Å². The van der Waals surface area contributed by atoms with Gasteiger partial charge in [0.05, 0.1) is 0 Å². The first-order chi connectivity index (χ1) is 9.74. The molecule has 1 aromatic heterocycles. The first kappa shape index (κ1) is 13.2. The summed E-state index contributed by atoms with van der Waals surface area (Å²) < 4.78 is 0. The van der Waals surface area contributed by atoms with Crippen molar-refractivity contribution in [3.63, 3.8) is 0 Å². The average Bonchev–Trinajstić information content (AvgIpc) is 2.94. The zero-order valence-corrected chi connectivity index (χ0v) is 12.0. The Morgan fingerprint density at radius 3 is 2.85 bits per heavy atom. The lowest BCUT2D eigenvalue weighted by atomic mass is 10.1. The van der Waals surface area contributed by atoms with Crippen molar-refractivity contribution in [3.8, 4) is 0 Å². The second kappa shape index (κ2) is 5.67. The van der Waals surface area contributed by atoms with Crippen LogP contribution in [0.25, 0.3) is 10.8 Å². The number of nitrogen functional groups attached to an aromatic ring is 1. The summed E-state index contributed by atoms with van der Waals surface area (Å²) in [6.07, 6.45) is 4.55. The van der Waals surface area contributed by atoms with Gasteiger partial charge in [-0.2, -0.15) is 0 Å². The van der Waals surface area contributed by atoms with E-state index >= 15 is 0 Å². The molecule has 0 atom stereocenters. The maximum absolute atomic E-state index is 6.03. The zero-order valence-electron chi connectivity index (χ0n) is 12.0. The minimum absolute atomic E-state index is 0.789. The van der Waals surface area contributed by atoms with Crippen molar-refractivity contribution in [2.45, 2.75) is 19.8 Å². The Bertz CT molecular complexity index is 603.